The third-order valence-corrected chi connectivity index (χ3v) is 5.21. The van der Waals surface area contributed by atoms with Gasteiger partial charge in [-0.3, -0.25) is 4.79 Å². The minimum atomic E-state index is 0.0896. The lowest BCUT2D eigenvalue weighted by Gasteiger charge is -2.30. The van der Waals surface area contributed by atoms with Crippen molar-refractivity contribution in [3.63, 3.8) is 0 Å². The van der Waals surface area contributed by atoms with Gasteiger partial charge in [0, 0.05) is 18.4 Å². The topological polar surface area (TPSA) is 51.0 Å². The van der Waals surface area contributed by atoms with E-state index in [0.29, 0.717) is 5.92 Å². The maximum atomic E-state index is 13.2. The number of anilines is 1. The van der Waals surface area contributed by atoms with Gasteiger partial charge in [-0.25, -0.2) is 9.97 Å². The van der Waals surface area contributed by atoms with Crippen molar-refractivity contribution in [2.75, 3.05) is 11.4 Å². The number of hydrogen-bond donors (Lipinski definition) is 0. The van der Waals surface area contributed by atoms with E-state index in [-0.39, 0.29) is 12.5 Å². The van der Waals surface area contributed by atoms with E-state index in [1.54, 1.807) is 12.5 Å². The second-order valence-electron chi connectivity index (χ2n) is 7.06. The Hall–Kier alpha value is -2.69. The standard InChI is InChI=1S/C21H24N4O/c26-20(15-24-16-23-19-12-7-13-22-21(19)24)25(18-10-5-2-6-11-18)14-17-8-3-1-4-9-17/h2,5-7,10-13,16-17H,1,3-4,8-9,14-15H2. The van der Waals surface area contributed by atoms with Crippen molar-refractivity contribution in [1.29, 1.82) is 0 Å². The largest absolute Gasteiger partial charge is 0.311 e. The summed E-state index contributed by atoms with van der Waals surface area (Å²) in [5, 5.41) is 0. The Kier molecular flexibility index (Phi) is 4.95. The molecule has 2 aromatic heterocycles. The molecule has 1 aliphatic rings. The van der Waals surface area contributed by atoms with Crippen LogP contribution >= 0.6 is 0 Å². The van der Waals surface area contributed by atoms with E-state index in [9.17, 15) is 4.79 Å². The summed E-state index contributed by atoms with van der Waals surface area (Å²) in [6.07, 6.45) is 9.75. The number of aromatic nitrogens is 3. The summed E-state index contributed by atoms with van der Waals surface area (Å²) in [7, 11) is 0. The number of pyridine rings is 1. The molecule has 0 N–H and O–H groups in total. The number of amides is 1. The molecule has 1 aliphatic carbocycles. The van der Waals surface area contributed by atoms with Crippen molar-refractivity contribution in [2.24, 2.45) is 5.92 Å². The Bertz CT molecular complexity index is 868. The molecular formula is C21H24N4O. The highest BCUT2D eigenvalue weighted by atomic mass is 16.2. The van der Waals surface area contributed by atoms with E-state index >= 15 is 0 Å². The molecule has 2 heterocycles. The number of nitrogens with zero attached hydrogens (tertiary/aromatic N) is 4. The van der Waals surface area contributed by atoms with Crippen LogP contribution in [-0.2, 0) is 11.3 Å². The fourth-order valence-electron chi connectivity index (χ4n) is 3.83. The van der Waals surface area contributed by atoms with Gasteiger partial charge >= 0.3 is 0 Å². The number of imidazole rings is 1. The highest BCUT2D eigenvalue weighted by Crippen LogP contribution is 2.27. The minimum absolute atomic E-state index is 0.0896. The number of rotatable bonds is 5. The number of carbonyl (C=O) groups excluding carboxylic acids is 1. The number of hydrogen-bond acceptors (Lipinski definition) is 3. The Labute approximate surface area is 153 Å². The molecule has 0 spiro atoms. The van der Waals surface area contributed by atoms with Crippen LogP contribution in [0.1, 0.15) is 32.1 Å². The van der Waals surface area contributed by atoms with Crippen LogP contribution < -0.4 is 4.90 Å². The van der Waals surface area contributed by atoms with Gasteiger partial charge in [-0.2, -0.15) is 0 Å². The molecule has 26 heavy (non-hydrogen) atoms. The Morgan fingerprint density at radius 3 is 2.65 bits per heavy atom. The smallest absolute Gasteiger partial charge is 0.247 e. The van der Waals surface area contributed by atoms with Crippen molar-refractivity contribution in [2.45, 2.75) is 38.6 Å². The molecule has 1 amide bonds. The summed E-state index contributed by atoms with van der Waals surface area (Å²) in [5.74, 6) is 0.678. The van der Waals surface area contributed by atoms with Crippen LogP contribution in [0.5, 0.6) is 0 Å². The van der Waals surface area contributed by atoms with E-state index in [4.69, 9.17) is 0 Å². The van der Waals surface area contributed by atoms with Gasteiger partial charge in [0.15, 0.2) is 5.65 Å². The highest BCUT2D eigenvalue weighted by molar-refractivity contribution is 5.93. The Balaban J connectivity index is 1.57. The van der Waals surface area contributed by atoms with E-state index in [1.165, 1.54) is 32.1 Å². The molecule has 0 bridgehead atoms. The normalized spacial score (nSPS) is 15.2. The summed E-state index contributed by atoms with van der Waals surface area (Å²) in [4.78, 5) is 23.8. The molecule has 0 unspecified atom stereocenters. The van der Waals surface area contributed by atoms with Crippen molar-refractivity contribution < 1.29 is 4.79 Å². The first-order chi connectivity index (χ1) is 12.8. The van der Waals surface area contributed by atoms with Crippen LogP contribution in [-0.4, -0.2) is 27.0 Å². The number of benzene rings is 1. The van der Waals surface area contributed by atoms with Crippen molar-refractivity contribution in [3.05, 3.63) is 55.0 Å². The zero-order chi connectivity index (χ0) is 17.8. The SMILES string of the molecule is O=C(Cn1cnc2cccnc21)N(CC1CCCCC1)c1ccccc1. The number of para-hydroxylation sites is 1. The molecule has 4 rings (SSSR count). The lowest BCUT2D eigenvalue weighted by Crippen LogP contribution is -2.38. The van der Waals surface area contributed by atoms with Crippen LogP contribution in [0.15, 0.2) is 55.0 Å². The molecular weight excluding hydrogens is 324 g/mol. The lowest BCUT2D eigenvalue weighted by molar-refractivity contribution is -0.119. The zero-order valence-corrected chi connectivity index (χ0v) is 14.9. The average molecular weight is 348 g/mol. The van der Waals surface area contributed by atoms with Gasteiger partial charge in [0.05, 0.1) is 6.33 Å². The maximum absolute atomic E-state index is 13.2. The highest BCUT2D eigenvalue weighted by Gasteiger charge is 2.23. The third-order valence-electron chi connectivity index (χ3n) is 5.21. The summed E-state index contributed by atoms with van der Waals surface area (Å²) >= 11 is 0. The van der Waals surface area contributed by atoms with Gasteiger partial charge in [-0.15, -0.1) is 0 Å². The van der Waals surface area contributed by atoms with Gasteiger partial charge in [-0.05, 0) is 43.0 Å². The Morgan fingerprint density at radius 2 is 1.85 bits per heavy atom. The first-order valence-corrected chi connectivity index (χ1v) is 9.42. The van der Waals surface area contributed by atoms with Crippen molar-refractivity contribution in [1.82, 2.24) is 14.5 Å². The Morgan fingerprint density at radius 1 is 1.04 bits per heavy atom. The molecule has 0 radical (unpaired) electrons. The second-order valence-corrected chi connectivity index (χ2v) is 7.06. The minimum Gasteiger partial charge on any atom is -0.311 e. The summed E-state index contributed by atoms with van der Waals surface area (Å²) in [6.45, 7) is 1.05. The second kappa shape index (κ2) is 7.68. The van der Waals surface area contributed by atoms with Gasteiger partial charge in [0.1, 0.15) is 12.1 Å². The predicted molar refractivity (Wildman–Crippen MR) is 103 cm³/mol. The summed E-state index contributed by atoms with van der Waals surface area (Å²) < 4.78 is 1.84. The number of fused-ring (bicyclic) bond motifs is 1. The van der Waals surface area contributed by atoms with Crippen LogP contribution in [0, 0.1) is 5.92 Å². The van der Waals surface area contributed by atoms with Gasteiger partial charge in [0.2, 0.25) is 5.91 Å². The van der Waals surface area contributed by atoms with E-state index < -0.39 is 0 Å². The molecule has 1 aromatic carbocycles. The summed E-state index contributed by atoms with van der Waals surface area (Å²) in [5.41, 5.74) is 2.55. The summed E-state index contributed by atoms with van der Waals surface area (Å²) in [6, 6.07) is 13.8. The monoisotopic (exact) mass is 348 g/mol. The van der Waals surface area contributed by atoms with Gasteiger partial charge in [-0.1, -0.05) is 37.5 Å². The maximum Gasteiger partial charge on any atom is 0.247 e. The van der Waals surface area contributed by atoms with Crippen LogP contribution in [0.2, 0.25) is 0 Å². The molecule has 0 aliphatic heterocycles. The van der Waals surface area contributed by atoms with Crippen molar-refractivity contribution >= 4 is 22.8 Å². The molecule has 0 saturated heterocycles. The fraction of sp³-hybridized carbons (Fsp3) is 0.381. The van der Waals surface area contributed by atoms with E-state index in [2.05, 4.69) is 9.97 Å². The van der Waals surface area contributed by atoms with Crippen LogP contribution in [0.3, 0.4) is 0 Å². The van der Waals surface area contributed by atoms with E-state index in [0.717, 1.165) is 23.4 Å². The molecule has 134 valence electrons. The zero-order valence-electron chi connectivity index (χ0n) is 14.9. The third kappa shape index (κ3) is 3.62. The molecule has 1 saturated carbocycles. The molecule has 3 aromatic rings. The van der Waals surface area contributed by atoms with E-state index in [1.807, 2.05) is 51.9 Å². The fourth-order valence-corrected chi connectivity index (χ4v) is 3.83. The molecule has 5 nitrogen and oxygen atoms in total. The lowest BCUT2D eigenvalue weighted by atomic mass is 9.89. The van der Waals surface area contributed by atoms with Gasteiger partial charge in [0.25, 0.3) is 0 Å². The number of carbonyl (C=O) groups is 1. The first kappa shape index (κ1) is 16.8. The van der Waals surface area contributed by atoms with Crippen molar-refractivity contribution in [3.8, 4) is 0 Å². The molecule has 0 atom stereocenters. The quantitative estimate of drug-likeness (QED) is 0.699. The van der Waals surface area contributed by atoms with Crippen LogP contribution in [0.4, 0.5) is 5.69 Å². The average Bonchev–Trinajstić information content (AvgIpc) is 3.10. The first-order valence-electron chi connectivity index (χ1n) is 9.42. The van der Waals surface area contributed by atoms with Gasteiger partial charge < -0.3 is 9.47 Å². The predicted octanol–water partition coefficient (Wildman–Crippen LogP) is 4.04. The van der Waals surface area contributed by atoms with Crippen LogP contribution in [0.25, 0.3) is 11.2 Å². The molecule has 5 heteroatoms. The molecule has 1 fully saturated rings.